The number of nitrogens with zero attached hydrogens (tertiary/aromatic N) is 1. The van der Waals surface area contributed by atoms with E-state index in [1.165, 1.54) is 12.8 Å². The maximum Gasteiger partial charge on any atom is 0.0722 e. The molecule has 3 rings (SSSR count). The predicted molar refractivity (Wildman–Crippen MR) is 53.6 cm³/mol. The van der Waals surface area contributed by atoms with Gasteiger partial charge in [0.05, 0.1) is 6.10 Å². The van der Waals surface area contributed by atoms with Gasteiger partial charge in [-0.1, -0.05) is 0 Å². The highest BCUT2D eigenvalue weighted by atomic mass is 16.3. The molecule has 2 aliphatic heterocycles. The first-order valence-electron chi connectivity index (χ1n) is 5.38. The summed E-state index contributed by atoms with van der Waals surface area (Å²) in [4.78, 5) is 2.50. The Balaban J connectivity index is 2.17. The van der Waals surface area contributed by atoms with Gasteiger partial charge in [0.2, 0.25) is 0 Å². The van der Waals surface area contributed by atoms with Gasteiger partial charge in [-0.05, 0) is 46.5 Å². The van der Waals surface area contributed by atoms with Crippen molar-refractivity contribution in [3.63, 3.8) is 0 Å². The van der Waals surface area contributed by atoms with Crippen molar-refractivity contribution in [2.45, 2.75) is 64.3 Å². The van der Waals surface area contributed by atoms with Crippen molar-refractivity contribution in [1.82, 2.24) is 4.90 Å². The van der Waals surface area contributed by atoms with Gasteiger partial charge in [-0.3, -0.25) is 4.90 Å². The highest BCUT2D eigenvalue weighted by molar-refractivity contribution is 5.05. The molecule has 2 saturated heterocycles. The molecule has 2 bridgehead atoms. The highest BCUT2D eigenvalue weighted by Crippen LogP contribution is 2.45. The fourth-order valence-corrected chi connectivity index (χ4v) is 3.19. The number of aliphatic hydroxyl groups is 1. The lowest BCUT2D eigenvalue weighted by molar-refractivity contribution is -0.151. The molecule has 1 saturated carbocycles. The molecule has 0 spiro atoms. The molecule has 76 valence electrons. The van der Waals surface area contributed by atoms with Gasteiger partial charge < -0.3 is 5.11 Å². The Morgan fingerprint density at radius 3 is 2.15 bits per heavy atom. The molecule has 2 nitrogen and oxygen atoms in total. The minimum absolute atomic E-state index is 0.0933. The van der Waals surface area contributed by atoms with E-state index in [0.29, 0.717) is 12.0 Å². The van der Waals surface area contributed by atoms with E-state index in [-0.39, 0.29) is 11.6 Å². The summed E-state index contributed by atoms with van der Waals surface area (Å²) in [5.41, 5.74) is 0.205. The minimum Gasteiger partial charge on any atom is -0.391 e. The number of aliphatic hydroxyl groups excluding tert-OH is 1. The minimum atomic E-state index is -0.0933. The Morgan fingerprint density at radius 2 is 1.77 bits per heavy atom. The van der Waals surface area contributed by atoms with Crippen molar-refractivity contribution in [2.24, 2.45) is 5.92 Å². The molecular weight excluding hydrogens is 162 g/mol. The third-order valence-corrected chi connectivity index (χ3v) is 3.73. The molecule has 1 aliphatic carbocycles. The maximum atomic E-state index is 9.98. The third kappa shape index (κ3) is 1.31. The van der Waals surface area contributed by atoms with Crippen LogP contribution in [0, 0.1) is 5.92 Å². The standard InChI is InChI=1S/C11H21NO/c1-7-10(13)8-5-9(6-8)12(7)11(2,3)4/h7-10,13H,5-6H2,1-4H3. The lowest BCUT2D eigenvalue weighted by Crippen LogP contribution is -2.68. The van der Waals surface area contributed by atoms with E-state index in [9.17, 15) is 5.11 Å². The van der Waals surface area contributed by atoms with Crippen molar-refractivity contribution in [3.8, 4) is 0 Å². The quantitative estimate of drug-likeness (QED) is 0.617. The Kier molecular flexibility index (Phi) is 1.97. The van der Waals surface area contributed by atoms with Gasteiger partial charge in [0.25, 0.3) is 0 Å². The van der Waals surface area contributed by atoms with Gasteiger partial charge in [0.15, 0.2) is 0 Å². The van der Waals surface area contributed by atoms with Crippen molar-refractivity contribution in [1.29, 1.82) is 0 Å². The number of rotatable bonds is 0. The molecule has 3 fully saturated rings. The topological polar surface area (TPSA) is 23.5 Å². The summed E-state index contributed by atoms with van der Waals surface area (Å²) in [6.45, 7) is 8.90. The molecule has 2 heteroatoms. The van der Waals surface area contributed by atoms with E-state index in [2.05, 4.69) is 32.6 Å². The Bertz CT molecular complexity index is 203. The second-order valence-corrected chi connectivity index (χ2v) is 5.69. The fraction of sp³-hybridized carbons (Fsp3) is 1.00. The second-order valence-electron chi connectivity index (χ2n) is 5.69. The van der Waals surface area contributed by atoms with E-state index in [4.69, 9.17) is 0 Å². The van der Waals surface area contributed by atoms with E-state index >= 15 is 0 Å². The summed E-state index contributed by atoms with van der Waals surface area (Å²) in [6, 6.07) is 1.08. The van der Waals surface area contributed by atoms with Crippen LogP contribution in [0.3, 0.4) is 0 Å². The Labute approximate surface area is 80.9 Å². The fourth-order valence-electron chi connectivity index (χ4n) is 3.19. The number of hydrogen-bond donors (Lipinski definition) is 1. The molecule has 0 amide bonds. The molecule has 3 aliphatic rings. The zero-order chi connectivity index (χ0) is 9.80. The van der Waals surface area contributed by atoms with Crippen LogP contribution >= 0.6 is 0 Å². The monoisotopic (exact) mass is 183 g/mol. The number of hydrogen-bond acceptors (Lipinski definition) is 2. The van der Waals surface area contributed by atoms with Crippen LogP contribution in [0.25, 0.3) is 0 Å². The first-order chi connectivity index (χ1) is 5.91. The second kappa shape index (κ2) is 2.71. The molecule has 2 unspecified atom stereocenters. The molecule has 0 aromatic rings. The van der Waals surface area contributed by atoms with Gasteiger partial charge in [0, 0.05) is 17.6 Å². The molecule has 2 heterocycles. The van der Waals surface area contributed by atoms with Crippen LogP contribution in [0.15, 0.2) is 0 Å². The van der Waals surface area contributed by atoms with Crippen molar-refractivity contribution < 1.29 is 5.11 Å². The molecule has 0 radical (unpaired) electrons. The summed E-state index contributed by atoms with van der Waals surface area (Å²) in [7, 11) is 0. The van der Waals surface area contributed by atoms with E-state index in [0.717, 1.165) is 6.04 Å². The lowest BCUT2D eigenvalue weighted by atomic mass is 9.67. The molecule has 0 aromatic heterocycles. The van der Waals surface area contributed by atoms with Crippen molar-refractivity contribution >= 4 is 0 Å². The summed E-state index contributed by atoms with van der Waals surface area (Å²) >= 11 is 0. The Hall–Kier alpha value is -0.0800. The zero-order valence-electron chi connectivity index (χ0n) is 9.12. The molecule has 13 heavy (non-hydrogen) atoms. The summed E-state index contributed by atoms with van der Waals surface area (Å²) in [6.07, 6.45) is 2.33. The van der Waals surface area contributed by atoms with E-state index < -0.39 is 0 Å². The highest BCUT2D eigenvalue weighted by Gasteiger charge is 2.51. The van der Waals surface area contributed by atoms with E-state index in [1.54, 1.807) is 0 Å². The number of fused-ring (bicyclic) bond motifs is 2. The third-order valence-electron chi connectivity index (χ3n) is 3.73. The van der Waals surface area contributed by atoms with Crippen molar-refractivity contribution in [2.75, 3.05) is 0 Å². The molecule has 1 N–H and O–H groups in total. The lowest BCUT2D eigenvalue weighted by Gasteiger charge is -2.60. The normalized spacial score (nSPS) is 45.9. The average Bonchev–Trinajstić information content (AvgIpc) is 1.88. The van der Waals surface area contributed by atoms with Crippen LogP contribution in [-0.2, 0) is 0 Å². The van der Waals surface area contributed by atoms with Gasteiger partial charge in [-0.25, -0.2) is 0 Å². The zero-order valence-corrected chi connectivity index (χ0v) is 9.12. The largest absolute Gasteiger partial charge is 0.391 e. The van der Waals surface area contributed by atoms with Gasteiger partial charge >= 0.3 is 0 Å². The van der Waals surface area contributed by atoms with Crippen LogP contribution in [0.1, 0.15) is 40.5 Å². The summed E-state index contributed by atoms with van der Waals surface area (Å²) in [5, 5.41) is 9.98. The molecule has 2 atom stereocenters. The smallest absolute Gasteiger partial charge is 0.0722 e. The van der Waals surface area contributed by atoms with Gasteiger partial charge in [-0.2, -0.15) is 0 Å². The average molecular weight is 183 g/mol. The van der Waals surface area contributed by atoms with Crippen molar-refractivity contribution in [3.05, 3.63) is 0 Å². The predicted octanol–water partition coefficient (Wildman–Crippen LogP) is 1.63. The van der Waals surface area contributed by atoms with Gasteiger partial charge in [-0.15, -0.1) is 0 Å². The first kappa shape index (κ1) is 9.47. The van der Waals surface area contributed by atoms with Crippen LogP contribution in [0.2, 0.25) is 0 Å². The molecule has 0 aromatic carbocycles. The van der Waals surface area contributed by atoms with Gasteiger partial charge in [0.1, 0.15) is 0 Å². The summed E-state index contributed by atoms with van der Waals surface area (Å²) in [5.74, 6) is 0.596. The summed E-state index contributed by atoms with van der Waals surface area (Å²) < 4.78 is 0. The maximum absolute atomic E-state index is 9.98. The first-order valence-corrected chi connectivity index (χ1v) is 5.38. The molecular formula is C11H21NO. The van der Waals surface area contributed by atoms with E-state index in [1.807, 2.05) is 0 Å². The van der Waals surface area contributed by atoms with Crippen LogP contribution < -0.4 is 0 Å². The Morgan fingerprint density at radius 1 is 1.23 bits per heavy atom. The van der Waals surface area contributed by atoms with Crippen LogP contribution in [0.4, 0.5) is 0 Å². The SMILES string of the molecule is CC1C(O)C2CC(C2)N1C(C)(C)C. The number of piperidine rings is 2. The van der Waals surface area contributed by atoms with Crippen LogP contribution in [0.5, 0.6) is 0 Å². The van der Waals surface area contributed by atoms with Crippen LogP contribution in [-0.4, -0.2) is 33.7 Å².